The number of nitrogens with two attached hydrogens (primary N) is 1. The Kier molecular flexibility index (Phi) is 3.52. The fraction of sp³-hybridized carbons (Fsp3) is 1.00. The first-order chi connectivity index (χ1) is 4.83. The first-order valence-electron chi connectivity index (χ1n) is 3.87. The highest BCUT2D eigenvalue weighted by Crippen LogP contribution is 2.17. The molecule has 60 valence electrons. The van der Waals surface area contributed by atoms with E-state index in [4.69, 9.17) is 5.73 Å². The van der Waals surface area contributed by atoms with Crippen LogP contribution in [0, 0.1) is 0 Å². The van der Waals surface area contributed by atoms with Crippen molar-refractivity contribution in [3.8, 4) is 0 Å². The van der Waals surface area contributed by atoms with Gasteiger partial charge in [0.15, 0.2) is 0 Å². The Labute approximate surface area is 67.1 Å². The third kappa shape index (κ3) is 2.48. The van der Waals surface area contributed by atoms with Crippen LogP contribution in [0.25, 0.3) is 0 Å². The SMILES string of the molecule is CSN[C@H]1CC[C@H](N)CC1. The zero-order valence-corrected chi connectivity index (χ0v) is 7.29. The van der Waals surface area contributed by atoms with E-state index >= 15 is 0 Å². The molecule has 10 heavy (non-hydrogen) atoms. The van der Waals surface area contributed by atoms with Crippen molar-refractivity contribution in [2.75, 3.05) is 6.26 Å². The van der Waals surface area contributed by atoms with Crippen molar-refractivity contribution >= 4 is 11.9 Å². The number of hydrogen-bond acceptors (Lipinski definition) is 3. The average Bonchev–Trinajstić information content (AvgIpc) is 1.95. The highest BCUT2D eigenvalue weighted by molar-refractivity contribution is 7.96. The molecule has 1 saturated carbocycles. The van der Waals surface area contributed by atoms with Crippen LogP contribution < -0.4 is 10.5 Å². The van der Waals surface area contributed by atoms with Crippen LogP contribution in [0.5, 0.6) is 0 Å². The van der Waals surface area contributed by atoms with Gasteiger partial charge in [0.1, 0.15) is 0 Å². The van der Waals surface area contributed by atoms with Crippen LogP contribution in [-0.2, 0) is 0 Å². The Morgan fingerprint density at radius 3 is 2.40 bits per heavy atom. The van der Waals surface area contributed by atoms with Crippen LogP contribution in [0.3, 0.4) is 0 Å². The summed E-state index contributed by atoms with van der Waals surface area (Å²) in [4.78, 5) is 0. The second-order valence-corrected chi connectivity index (χ2v) is 3.58. The largest absolute Gasteiger partial charge is 0.328 e. The highest BCUT2D eigenvalue weighted by Gasteiger charge is 2.16. The van der Waals surface area contributed by atoms with E-state index in [-0.39, 0.29) is 0 Å². The molecule has 0 heterocycles. The maximum Gasteiger partial charge on any atom is 0.0172 e. The summed E-state index contributed by atoms with van der Waals surface area (Å²) in [6.45, 7) is 0. The summed E-state index contributed by atoms with van der Waals surface area (Å²) in [6.07, 6.45) is 6.97. The summed E-state index contributed by atoms with van der Waals surface area (Å²) in [7, 11) is 0. The van der Waals surface area contributed by atoms with Crippen molar-refractivity contribution in [2.24, 2.45) is 5.73 Å². The maximum atomic E-state index is 5.76. The molecule has 1 aliphatic carbocycles. The van der Waals surface area contributed by atoms with Crippen LogP contribution in [0.1, 0.15) is 25.7 Å². The van der Waals surface area contributed by atoms with Crippen molar-refractivity contribution in [2.45, 2.75) is 37.8 Å². The van der Waals surface area contributed by atoms with Gasteiger partial charge < -0.3 is 5.73 Å². The van der Waals surface area contributed by atoms with Crippen molar-refractivity contribution in [3.05, 3.63) is 0 Å². The Bertz CT molecular complexity index is 89.6. The van der Waals surface area contributed by atoms with Gasteiger partial charge in [-0.1, -0.05) is 11.9 Å². The minimum Gasteiger partial charge on any atom is -0.328 e. The molecule has 0 spiro atoms. The molecule has 0 saturated heterocycles. The first kappa shape index (κ1) is 8.37. The van der Waals surface area contributed by atoms with Gasteiger partial charge in [0.05, 0.1) is 0 Å². The molecular weight excluding hydrogens is 144 g/mol. The quantitative estimate of drug-likeness (QED) is 0.595. The lowest BCUT2D eigenvalue weighted by Crippen LogP contribution is -2.34. The van der Waals surface area contributed by atoms with Crippen LogP contribution in [-0.4, -0.2) is 18.3 Å². The molecule has 0 bridgehead atoms. The lowest BCUT2D eigenvalue weighted by molar-refractivity contribution is 0.381. The van der Waals surface area contributed by atoms with E-state index in [0.29, 0.717) is 6.04 Å². The lowest BCUT2D eigenvalue weighted by Gasteiger charge is -2.25. The lowest BCUT2D eigenvalue weighted by atomic mass is 9.93. The zero-order chi connectivity index (χ0) is 7.40. The standard InChI is InChI=1S/C7H16N2S/c1-10-9-7-4-2-6(8)3-5-7/h6-7,9H,2-5,8H2,1H3/t6-,7-. The molecule has 2 nitrogen and oxygen atoms in total. The summed E-state index contributed by atoms with van der Waals surface area (Å²) in [5, 5.41) is 0. The number of rotatable bonds is 2. The second-order valence-electron chi connectivity index (χ2n) is 2.93. The van der Waals surface area contributed by atoms with E-state index in [9.17, 15) is 0 Å². The molecule has 1 aliphatic rings. The molecule has 0 aliphatic heterocycles. The maximum absolute atomic E-state index is 5.76. The molecule has 0 unspecified atom stereocenters. The number of hydrogen-bond donors (Lipinski definition) is 2. The van der Waals surface area contributed by atoms with Gasteiger partial charge in [-0.15, -0.1) is 0 Å². The third-order valence-electron chi connectivity index (χ3n) is 2.06. The van der Waals surface area contributed by atoms with Gasteiger partial charge in [0.25, 0.3) is 0 Å². The molecule has 1 rings (SSSR count). The van der Waals surface area contributed by atoms with Crippen LogP contribution >= 0.6 is 11.9 Å². The normalized spacial score (nSPS) is 34.2. The topological polar surface area (TPSA) is 38.0 Å². The van der Waals surface area contributed by atoms with Gasteiger partial charge in [0, 0.05) is 12.1 Å². The predicted octanol–water partition coefficient (Wildman–Crippen LogP) is 1.12. The summed E-state index contributed by atoms with van der Waals surface area (Å²) in [5.41, 5.74) is 5.76. The number of nitrogens with one attached hydrogen (secondary N) is 1. The van der Waals surface area contributed by atoms with Crippen molar-refractivity contribution in [1.82, 2.24) is 4.72 Å². The van der Waals surface area contributed by atoms with E-state index in [2.05, 4.69) is 11.0 Å². The fourth-order valence-electron chi connectivity index (χ4n) is 1.40. The van der Waals surface area contributed by atoms with E-state index in [1.54, 1.807) is 11.9 Å². The molecule has 0 atom stereocenters. The predicted molar refractivity (Wildman–Crippen MR) is 46.9 cm³/mol. The smallest absolute Gasteiger partial charge is 0.0172 e. The summed E-state index contributed by atoms with van der Waals surface area (Å²) in [6, 6.07) is 1.19. The molecule has 0 aromatic heterocycles. The van der Waals surface area contributed by atoms with Crippen LogP contribution in [0.4, 0.5) is 0 Å². The van der Waals surface area contributed by atoms with Crippen molar-refractivity contribution < 1.29 is 0 Å². The Hall–Kier alpha value is 0.270. The first-order valence-corrected chi connectivity index (χ1v) is 5.09. The molecule has 0 aromatic rings. The van der Waals surface area contributed by atoms with Crippen molar-refractivity contribution in [1.29, 1.82) is 0 Å². The molecule has 0 radical (unpaired) electrons. The average molecular weight is 160 g/mol. The molecule has 3 N–H and O–H groups in total. The molecule has 0 amide bonds. The molecule has 3 heteroatoms. The van der Waals surface area contributed by atoms with E-state index < -0.39 is 0 Å². The van der Waals surface area contributed by atoms with E-state index in [0.717, 1.165) is 6.04 Å². The van der Waals surface area contributed by atoms with Gasteiger partial charge in [-0.05, 0) is 31.9 Å². The fourth-order valence-corrected chi connectivity index (χ4v) is 1.97. The van der Waals surface area contributed by atoms with Crippen LogP contribution in [0.15, 0.2) is 0 Å². The summed E-state index contributed by atoms with van der Waals surface area (Å²) < 4.78 is 3.37. The molecular formula is C7H16N2S. The molecule has 0 aromatic carbocycles. The van der Waals surface area contributed by atoms with Crippen LogP contribution in [0.2, 0.25) is 0 Å². The molecule has 1 fully saturated rings. The summed E-state index contributed by atoms with van der Waals surface area (Å²) in [5.74, 6) is 0. The minimum atomic E-state index is 0.472. The second kappa shape index (κ2) is 4.21. The monoisotopic (exact) mass is 160 g/mol. The Balaban J connectivity index is 2.13. The summed E-state index contributed by atoms with van der Waals surface area (Å²) >= 11 is 1.72. The Morgan fingerprint density at radius 2 is 1.90 bits per heavy atom. The van der Waals surface area contributed by atoms with Gasteiger partial charge in [0.2, 0.25) is 0 Å². The van der Waals surface area contributed by atoms with E-state index in [1.807, 2.05) is 0 Å². The Morgan fingerprint density at radius 1 is 1.30 bits per heavy atom. The third-order valence-corrected chi connectivity index (χ3v) is 2.63. The minimum absolute atomic E-state index is 0.472. The van der Waals surface area contributed by atoms with Gasteiger partial charge >= 0.3 is 0 Å². The van der Waals surface area contributed by atoms with Gasteiger partial charge in [-0.2, -0.15) is 0 Å². The van der Waals surface area contributed by atoms with Crippen molar-refractivity contribution in [3.63, 3.8) is 0 Å². The van der Waals surface area contributed by atoms with Gasteiger partial charge in [-0.25, -0.2) is 0 Å². The highest BCUT2D eigenvalue weighted by atomic mass is 32.2. The van der Waals surface area contributed by atoms with E-state index in [1.165, 1.54) is 25.7 Å². The zero-order valence-electron chi connectivity index (χ0n) is 6.47. The van der Waals surface area contributed by atoms with Gasteiger partial charge in [-0.3, -0.25) is 4.72 Å².